The van der Waals surface area contributed by atoms with Crippen LogP contribution < -0.4 is 5.32 Å². The second kappa shape index (κ2) is 10.8. The summed E-state index contributed by atoms with van der Waals surface area (Å²) in [6.45, 7) is 1.96. The van der Waals surface area contributed by atoms with Gasteiger partial charge in [0.2, 0.25) is 0 Å². The quantitative estimate of drug-likeness (QED) is 0.364. The second-order valence-electron chi connectivity index (χ2n) is 10.8. The Bertz CT molecular complexity index is 1540. The van der Waals surface area contributed by atoms with Crippen LogP contribution >= 0.6 is 11.6 Å². The van der Waals surface area contributed by atoms with Gasteiger partial charge in [0.15, 0.2) is 21.5 Å². The van der Waals surface area contributed by atoms with Gasteiger partial charge in [-0.05, 0) is 85.0 Å². The molecule has 3 aromatic rings. The predicted molar refractivity (Wildman–Crippen MR) is 146 cm³/mol. The molecule has 2 saturated carbocycles. The maximum absolute atomic E-state index is 13.9. The summed E-state index contributed by atoms with van der Waals surface area (Å²) in [4.78, 5) is 16.6. The van der Waals surface area contributed by atoms with Crippen molar-refractivity contribution in [3.05, 3.63) is 88.7 Å². The van der Waals surface area contributed by atoms with Crippen LogP contribution in [0, 0.1) is 29.4 Å². The minimum atomic E-state index is -4.04. The Morgan fingerprint density at radius 3 is 2.50 bits per heavy atom. The Hall–Kier alpha value is -2.92. The van der Waals surface area contributed by atoms with Gasteiger partial charge in [0.1, 0.15) is 0 Å². The number of sulfone groups is 1. The van der Waals surface area contributed by atoms with Gasteiger partial charge >= 0.3 is 0 Å². The van der Waals surface area contributed by atoms with Crippen molar-refractivity contribution < 1.29 is 32.2 Å². The molecular weight excluding hydrogens is 562 g/mol. The highest BCUT2D eigenvalue weighted by Crippen LogP contribution is 2.56. The summed E-state index contributed by atoms with van der Waals surface area (Å²) < 4.78 is 54.5. The van der Waals surface area contributed by atoms with Crippen molar-refractivity contribution in [3.63, 3.8) is 0 Å². The standard InChI is InChI=1S/C29H29ClF2N2O5S/c1-16-10-19-13-21(15-22(16)29(19,37)27(35)11-17-6-8-33-9-7-17)40(38,39)26-12-18(2-4-23(26)30)28(36)34-20-3-5-24(31)25(32)14-20/h2-9,12,14,16,19,21-22,27,35,37H,10-11,13,15H2,1H3,(H,34,36)/t16-,19?,21+,22?,27?,29+/m0/s1. The molecule has 2 bridgehead atoms. The smallest absolute Gasteiger partial charge is 0.255 e. The molecule has 0 radical (unpaired) electrons. The van der Waals surface area contributed by atoms with Gasteiger partial charge in [-0.15, -0.1) is 0 Å². The molecule has 2 aliphatic rings. The maximum Gasteiger partial charge on any atom is 0.255 e. The van der Waals surface area contributed by atoms with E-state index in [1.54, 1.807) is 24.5 Å². The van der Waals surface area contributed by atoms with Crippen molar-refractivity contribution in [3.8, 4) is 0 Å². The average molecular weight is 591 g/mol. The fraction of sp³-hybridized carbons (Fsp3) is 0.379. The summed E-state index contributed by atoms with van der Waals surface area (Å²) in [5, 5.41) is 24.4. The van der Waals surface area contributed by atoms with Gasteiger partial charge in [-0.25, -0.2) is 17.2 Å². The molecule has 6 atom stereocenters. The van der Waals surface area contributed by atoms with Crippen LogP contribution in [0.25, 0.3) is 0 Å². The van der Waals surface area contributed by atoms with E-state index in [-0.39, 0.29) is 46.3 Å². The van der Waals surface area contributed by atoms with Gasteiger partial charge in [-0.2, -0.15) is 0 Å². The van der Waals surface area contributed by atoms with Crippen LogP contribution in [0.1, 0.15) is 42.1 Å². The van der Waals surface area contributed by atoms with Crippen LogP contribution in [-0.2, 0) is 16.3 Å². The molecule has 3 N–H and O–H groups in total. The van der Waals surface area contributed by atoms with Gasteiger partial charge in [-0.3, -0.25) is 9.78 Å². The van der Waals surface area contributed by atoms with Crippen molar-refractivity contribution in [2.24, 2.45) is 17.8 Å². The molecule has 1 amide bonds. The number of nitrogens with zero attached hydrogens (tertiary/aromatic N) is 1. The summed E-state index contributed by atoms with van der Waals surface area (Å²) in [6, 6.07) is 10.3. The Balaban J connectivity index is 1.38. The number of hydrogen-bond donors (Lipinski definition) is 3. The Morgan fingerprint density at radius 2 is 1.82 bits per heavy atom. The molecule has 5 rings (SSSR count). The molecular formula is C29H29ClF2N2O5S. The normalized spacial score (nSPS) is 26.9. The molecule has 11 heteroatoms. The number of fused-ring (bicyclic) bond motifs is 2. The SMILES string of the molecule is C[C@H]1CC2C[C@@H](S(=O)(=O)c3cc(C(=O)Nc4ccc(F)c(F)c4)ccc3Cl)CC1[C@@]2(O)C(O)Cc1ccncc1. The molecule has 40 heavy (non-hydrogen) atoms. The van der Waals surface area contributed by atoms with Crippen LogP contribution in [-0.4, -0.2) is 46.5 Å². The summed E-state index contributed by atoms with van der Waals surface area (Å²) in [7, 11) is -4.04. The largest absolute Gasteiger partial charge is 0.390 e. The van der Waals surface area contributed by atoms with Gasteiger partial charge in [0.25, 0.3) is 5.91 Å². The highest BCUT2D eigenvalue weighted by atomic mass is 35.5. The third-order valence-electron chi connectivity index (χ3n) is 8.48. The molecule has 0 aliphatic heterocycles. The highest BCUT2D eigenvalue weighted by molar-refractivity contribution is 7.92. The lowest BCUT2D eigenvalue weighted by Gasteiger charge is -2.46. The first-order valence-electron chi connectivity index (χ1n) is 13.0. The first-order valence-corrected chi connectivity index (χ1v) is 14.9. The fourth-order valence-electron chi connectivity index (χ4n) is 6.46. The third-order valence-corrected chi connectivity index (χ3v) is 11.1. The molecule has 0 spiro atoms. The molecule has 212 valence electrons. The van der Waals surface area contributed by atoms with E-state index in [4.69, 9.17) is 11.6 Å². The lowest BCUT2D eigenvalue weighted by Crippen LogP contribution is -2.56. The number of aliphatic hydroxyl groups excluding tert-OH is 1. The maximum atomic E-state index is 13.9. The lowest BCUT2D eigenvalue weighted by molar-refractivity contribution is -0.144. The van der Waals surface area contributed by atoms with Crippen LogP contribution in [0.3, 0.4) is 0 Å². The number of hydrogen-bond acceptors (Lipinski definition) is 6. The number of anilines is 1. The van der Waals surface area contributed by atoms with Crippen LogP contribution in [0.2, 0.25) is 5.02 Å². The van der Waals surface area contributed by atoms with Crippen molar-refractivity contribution in [2.75, 3.05) is 5.32 Å². The average Bonchev–Trinajstić information content (AvgIpc) is 3.04. The minimum absolute atomic E-state index is 0.00529. The topological polar surface area (TPSA) is 117 Å². The van der Waals surface area contributed by atoms with E-state index in [1.165, 1.54) is 24.3 Å². The van der Waals surface area contributed by atoms with E-state index < -0.39 is 56.2 Å². The number of carbonyl (C=O) groups excluding carboxylic acids is 1. The van der Waals surface area contributed by atoms with E-state index in [2.05, 4.69) is 10.3 Å². The highest BCUT2D eigenvalue weighted by Gasteiger charge is 2.61. The van der Waals surface area contributed by atoms with Crippen LogP contribution in [0.4, 0.5) is 14.5 Å². The molecule has 2 aromatic carbocycles. The van der Waals surface area contributed by atoms with Gasteiger partial charge in [0, 0.05) is 36.1 Å². The van der Waals surface area contributed by atoms with E-state index in [1.807, 2.05) is 6.92 Å². The summed E-state index contributed by atoms with van der Waals surface area (Å²) in [5.41, 5.74) is -0.636. The second-order valence-corrected chi connectivity index (χ2v) is 13.4. The number of carbonyl (C=O) groups is 1. The fourth-order valence-corrected chi connectivity index (χ4v) is 8.84. The molecule has 1 aromatic heterocycles. The first-order chi connectivity index (χ1) is 18.9. The number of benzene rings is 2. The molecule has 2 aliphatic carbocycles. The number of nitrogens with one attached hydrogen (secondary N) is 1. The van der Waals surface area contributed by atoms with E-state index in [9.17, 15) is 32.2 Å². The third kappa shape index (κ3) is 5.13. The molecule has 7 nitrogen and oxygen atoms in total. The number of rotatable bonds is 7. The summed E-state index contributed by atoms with van der Waals surface area (Å²) in [6.07, 6.45) is 3.21. The van der Waals surface area contributed by atoms with Crippen molar-refractivity contribution in [1.82, 2.24) is 4.98 Å². The number of amides is 1. The number of halogens is 3. The number of aliphatic hydroxyl groups is 2. The van der Waals surface area contributed by atoms with Gasteiger partial charge in [0.05, 0.1) is 26.9 Å². The Labute approximate surface area is 236 Å². The van der Waals surface area contributed by atoms with Crippen molar-refractivity contribution >= 4 is 33.0 Å². The summed E-state index contributed by atoms with van der Waals surface area (Å²) in [5.74, 6) is -3.83. The zero-order chi connectivity index (χ0) is 28.8. The minimum Gasteiger partial charge on any atom is -0.390 e. The number of aromatic nitrogens is 1. The zero-order valence-corrected chi connectivity index (χ0v) is 23.2. The lowest BCUT2D eigenvalue weighted by atomic mass is 9.69. The van der Waals surface area contributed by atoms with E-state index in [0.717, 1.165) is 17.7 Å². The van der Waals surface area contributed by atoms with E-state index >= 15 is 0 Å². The van der Waals surface area contributed by atoms with Crippen molar-refractivity contribution in [2.45, 2.75) is 54.5 Å². The van der Waals surface area contributed by atoms with Crippen LogP contribution in [0.5, 0.6) is 0 Å². The van der Waals surface area contributed by atoms with Gasteiger partial charge < -0.3 is 15.5 Å². The molecule has 2 fully saturated rings. The molecule has 0 saturated heterocycles. The number of pyridine rings is 1. The van der Waals surface area contributed by atoms with E-state index in [0.29, 0.717) is 6.42 Å². The predicted octanol–water partition coefficient (Wildman–Crippen LogP) is 4.81. The van der Waals surface area contributed by atoms with Gasteiger partial charge in [-0.1, -0.05) is 18.5 Å². The van der Waals surface area contributed by atoms with Crippen molar-refractivity contribution in [1.29, 1.82) is 0 Å². The first kappa shape index (κ1) is 28.6. The Morgan fingerprint density at radius 1 is 1.10 bits per heavy atom. The molecule has 1 heterocycles. The van der Waals surface area contributed by atoms with Crippen LogP contribution in [0.15, 0.2) is 65.8 Å². The summed E-state index contributed by atoms with van der Waals surface area (Å²) >= 11 is 6.32. The molecule has 3 unspecified atom stereocenters. The zero-order valence-electron chi connectivity index (χ0n) is 21.6. The Kier molecular flexibility index (Phi) is 7.73. The monoisotopic (exact) mass is 590 g/mol.